The van der Waals surface area contributed by atoms with Gasteiger partial charge >= 0.3 is 5.97 Å². The number of halogens is 3. The molecule has 0 aliphatic rings. The maximum absolute atomic E-state index is 9.62. The van der Waals surface area contributed by atoms with E-state index in [0.717, 1.165) is 0 Å². The van der Waals surface area contributed by atoms with Gasteiger partial charge in [-0.2, -0.15) is 0 Å². The lowest BCUT2D eigenvalue weighted by Gasteiger charge is -1.99. The fraction of sp³-hybridized carbons (Fsp3) is 0.400. The van der Waals surface area contributed by atoms with Crippen molar-refractivity contribution in [2.75, 3.05) is 6.54 Å². The number of rotatable bonds is 1. The third kappa shape index (κ3) is 13.1. The van der Waals surface area contributed by atoms with E-state index in [1.54, 1.807) is 6.08 Å². The largest absolute Gasteiger partial charge is 0.478 e. The van der Waals surface area contributed by atoms with Crippen LogP contribution in [0.3, 0.4) is 0 Å². The minimum absolute atomic E-state index is 0.583. The monoisotopic (exact) mass is 219 g/mol. The highest BCUT2D eigenvalue weighted by atomic mass is 35.6. The molecule has 6 heteroatoms. The predicted octanol–water partition coefficient (Wildman–Crippen LogP) is 1.57. The molecule has 0 spiro atoms. The highest BCUT2D eigenvalue weighted by Crippen LogP contribution is 2.25. The Kier molecular flexibility index (Phi) is 8.33. The van der Waals surface area contributed by atoms with Gasteiger partial charge in [-0.25, -0.2) is 4.79 Å². The Morgan fingerprint density at radius 3 is 1.82 bits per heavy atom. The first-order valence-corrected chi connectivity index (χ1v) is 3.60. The average molecular weight is 220 g/mol. The van der Waals surface area contributed by atoms with Crippen molar-refractivity contribution in [1.29, 1.82) is 0 Å². The molecule has 0 aliphatic carbocycles. The minimum atomic E-state index is -2.17. The molecular formula is C5H8Cl3NO2. The molecule has 3 nitrogen and oxygen atoms in total. The van der Waals surface area contributed by atoms with Crippen molar-refractivity contribution in [3.8, 4) is 0 Å². The molecule has 0 bridgehead atoms. The summed E-state index contributed by atoms with van der Waals surface area (Å²) >= 11 is 14.4. The lowest BCUT2D eigenvalue weighted by Crippen LogP contribution is -2.16. The number of nitrogens with two attached hydrogens (primary N) is 1. The van der Waals surface area contributed by atoms with Gasteiger partial charge in [-0.15, -0.1) is 6.58 Å². The summed E-state index contributed by atoms with van der Waals surface area (Å²) in [6.07, 6.45) is 1.65. The fourth-order valence-electron chi connectivity index (χ4n) is 0. The molecule has 0 aliphatic heterocycles. The van der Waals surface area contributed by atoms with E-state index in [2.05, 4.69) is 6.58 Å². The van der Waals surface area contributed by atoms with E-state index < -0.39 is 9.76 Å². The van der Waals surface area contributed by atoms with Crippen LogP contribution in [0.4, 0.5) is 0 Å². The second-order valence-corrected chi connectivity index (χ2v) is 3.61. The van der Waals surface area contributed by atoms with Gasteiger partial charge in [0.05, 0.1) is 0 Å². The van der Waals surface area contributed by atoms with Gasteiger partial charge in [0, 0.05) is 6.54 Å². The third-order valence-electron chi connectivity index (χ3n) is 0.409. The molecule has 66 valence electrons. The second kappa shape index (κ2) is 6.73. The fourth-order valence-corrected chi connectivity index (χ4v) is 0. The van der Waals surface area contributed by atoms with Gasteiger partial charge in [-0.1, -0.05) is 40.9 Å². The zero-order chi connectivity index (χ0) is 9.49. The topological polar surface area (TPSA) is 63.3 Å². The van der Waals surface area contributed by atoms with Crippen LogP contribution in [0, 0.1) is 0 Å². The van der Waals surface area contributed by atoms with Crippen molar-refractivity contribution in [1.82, 2.24) is 0 Å². The number of aliphatic carboxylic acids is 1. The summed E-state index contributed by atoms with van der Waals surface area (Å²) < 4.78 is -2.17. The summed E-state index contributed by atoms with van der Waals surface area (Å²) in [6.45, 7) is 3.94. The first-order valence-electron chi connectivity index (χ1n) is 2.47. The zero-order valence-corrected chi connectivity index (χ0v) is 7.83. The summed E-state index contributed by atoms with van der Waals surface area (Å²) in [6, 6.07) is 0. The van der Waals surface area contributed by atoms with Crippen LogP contribution in [0.2, 0.25) is 0 Å². The van der Waals surface area contributed by atoms with E-state index in [-0.39, 0.29) is 0 Å². The van der Waals surface area contributed by atoms with Crippen molar-refractivity contribution >= 4 is 40.8 Å². The van der Waals surface area contributed by atoms with Crippen LogP contribution >= 0.6 is 34.8 Å². The van der Waals surface area contributed by atoms with Gasteiger partial charge < -0.3 is 10.8 Å². The number of carbonyl (C=O) groups is 1. The smallest absolute Gasteiger partial charge is 0.356 e. The molecule has 0 rings (SSSR count). The van der Waals surface area contributed by atoms with Crippen LogP contribution in [-0.2, 0) is 4.79 Å². The normalized spacial score (nSPS) is 9.45. The molecule has 0 atom stereocenters. The van der Waals surface area contributed by atoms with E-state index >= 15 is 0 Å². The summed E-state index contributed by atoms with van der Waals surface area (Å²) in [7, 11) is 0. The molecule has 0 radical (unpaired) electrons. The van der Waals surface area contributed by atoms with Crippen LogP contribution < -0.4 is 5.73 Å². The lowest BCUT2D eigenvalue weighted by molar-refractivity contribution is -0.135. The Balaban J connectivity index is 0. The molecule has 3 N–H and O–H groups in total. The van der Waals surface area contributed by atoms with E-state index in [1.807, 2.05) is 0 Å². The highest BCUT2D eigenvalue weighted by Gasteiger charge is 2.29. The Morgan fingerprint density at radius 2 is 1.82 bits per heavy atom. The molecule has 0 saturated carbocycles. The van der Waals surface area contributed by atoms with Gasteiger partial charge in [-0.3, -0.25) is 0 Å². The molecule has 0 unspecified atom stereocenters. The average Bonchev–Trinajstić information content (AvgIpc) is 1.87. The Hall–Kier alpha value is 0.0400. The zero-order valence-electron chi connectivity index (χ0n) is 5.56. The maximum Gasteiger partial charge on any atom is 0.356 e. The van der Waals surface area contributed by atoms with Crippen LogP contribution in [-0.4, -0.2) is 21.4 Å². The first-order chi connectivity index (χ1) is 4.86. The number of hydrogen-bond acceptors (Lipinski definition) is 2. The maximum atomic E-state index is 9.62. The van der Waals surface area contributed by atoms with Gasteiger partial charge in [0.1, 0.15) is 0 Å². The second-order valence-electron chi connectivity index (χ2n) is 1.33. The van der Waals surface area contributed by atoms with E-state index in [9.17, 15) is 4.79 Å². The molecule has 0 aromatic heterocycles. The molecule has 11 heavy (non-hydrogen) atoms. The predicted molar refractivity (Wildman–Crippen MR) is 47.2 cm³/mol. The van der Waals surface area contributed by atoms with Crippen LogP contribution in [0.5, 0.6) is 0 Å². The number of carboxylic acids is 1. The number of carboxylic acid groups (broad SMARTS) is 1. The van der Waals surface area contributed by atoms with Crippen LogP contribution in [0.25, 0.3) is 0 Å². The Labute approximate surface area is 79.7 Å². The van der Waals surface area contributed by atoms with Gasteiger partial charge in [0.25, 0.3) is 3.79 Å². The van der Waals surface area contributed by atoms with Crippen molar-refractivity contribution in [2.24, 2.45) is 5.73 Å². The van der Waals surface area contributed by atoms with Crippen LogP contribution in [0.15, 0.2) is 12.7 Å². The Bertz CT molecular complexity index is 132. The molecule has 0 heterocycles. The summed E-state index contributed by atoms with van der Waals surface area (Å²) in [5.41, 5.74) is 4.91. The van der Waals surface area contributed by atoms with Gasteiger partial charge in [0.2, 0.25) is 0 Å². The molecular weight excluding hydrogens is 212 g/mol. The molecule has 0 amide bonds. The Morgan fingerprint density at radius 1 is 1.64 bits per heavy atom. The minimum Gasteiger partial charge on any atom is -0.478 e. The first kappa shape index (κ1) is 13.6. The summed E-state index contributed by atoms with van der Waals surface area (Å²) in [5.74, 6) is -1.46. The van der Waals surface area contributed by atoms with Crippen molar-refractivity contribution in [3.05, 3.63) is 12.7 Å². The van der Waals surface area contributed by atoms with Crippen molar-refractivity contribution in [2.45, 2.75) is 3.79 Å². The quantitative estimate of drug-likeness (QED) is 0.521. The van der Waals surface area contributed by atoms with Crippen molar-refractivity contribution in [3.63, 3.8) is 0 Å². The number of hydrogen-bond donors (Lipinski definition) is 2. The summed E-state index contributed by atoms with van der Waals surface area (Å²) in [4.78, 5) is 9.62. The molecule has 0 fully saturated rings. The third-order valence-corrected chi connectivity index (χ3v) is 0.894. The molecule has 0 saturated heterocycles. The van der Waals surface area contributed by atoms with E-state index in [1.165, 1.54) is 0 Å². The lowest BCUT2D eigenvalue weighted by atomic mass is 10.7. The summed E-state index contributed by atoms with van der Waals surface area (Å²) in [5, 5.41) is 7.85. The van der Waals surface area contributed by atoms with Gasteiger partial charge in [0.15, 0.2) is 0 Å². The SMILES string of the molecule is C=CCN.O=C(O)C(Cl)(Cl)Cl. The highest BCUT2D eigenvalue weighted by molar-refractivity contribution is 6.75. The van der Waals surface area contributed by atoms with E-state index in [0.29, 0.717) is 6.54 Å². The number of alkyl halides is 3. The molecule has 0 aromatic rings. The van der Waals surface area contributed by atoms with Crippen LogP contribution in [0.1, 0.15) is 0 Å². The molecule has 0 aromatic carbocycles. The van der Waals surface area contributed by atoms with E-state index in [4.69, 9.17) is 45.6 Å². The standard InChI is InChI=1S/C3H7N.C2HCl3O2/c1-2-3-4;3-2(4,5)1(6)7/h2H,1,3-4H2;(H,6,7). The van der Waals surface area contributed by atoms with Crippen molar-refractivity contribution < 1.29 is 9.90 Å². The van der Waals surface area contributed by atoms with Gasteiger partial charge in [-0.05, 0) is 0 Å².